The molecule has 0 radical (unpaired) electrons. The summed E-state index contributed by atoms with van der Waals surface area (Å²) in [4.78, 5) is 13.6. The number of carbonyl (C=O) groups is 1. The minimum Gasteiger partial charge on any atom is -0.486 e. The summed E-state index contributed by atoms with van der Waals surface area (Å²) in [7, 11) is 1.61. The number of hydrogen-bond acceptors (Lipinski definition) is 4. The SMILES string of the molecule is COCCOCC(=O)N1CC(Oc2c(C)cccc2C)C1. The van der Waals surface area contributed by atoms with Crippen molar-refractivity contribution in [2.24, 2.45) is 0 Å². The average Bonchev–Trinajstić information content (AvgIpc) is 2.41. The highest BCUT2D eigenvalue weighted by molar-refractivity contribution is 5.78. The number of nitrogens with zero attached hydrogens (tertiary/aromatic N) is 1. The number of hydrogen-bond donors (Lipinski definition) is 0. The maximum Gasteiger partial charge on any atom is 0.248 e. The van der Waals surface area contributed by atoms with Crippen molar-refractivity contribution in [1.29, 1.82) is 0 Å². The number of amides is 1. The minimum atomic E-state index is 0.00691. The standard InChI is InChI=1S/C16H23NO4/c1-12-5-4-6-13(2)16(12)21-14-9-17(10-14)15(18)11-20-8-7-19-3/h4-6,14H,7-11H2,1-3H3. The lowest BCUT2D eigenvalue weighted by Gasteiger charge is -2.39. The Morgan fingerprint density at radius 3 is 2.52 bits per heavy atom. The van der Waals surface area contributed by atoms with Gasteiger partial charge in [-0.1, -0.05) is 18.2 Å². The van der Waals surface area contributed by atoms with E-state index in [4.69, 9.17) is 14.2 Å². The van der Waals surface area contributed by atoms with Crippen LogP contribution in [0.15, 0.2) is 18.2 Å². The van der Waals surface area contributed by atoms with Crippen LogP contribution in [-0.4, -0.2) is 56.9 Å². The fraction of sp³-hybridized carbons (Fsp3) is 0.562. The highest BCUT2D eigenvalue weighted by Crippen LogP contribution is 2.25. The predicted molar refractivity (Wildman–Crippen MR) is 79.6 cm³/mol. The second-order valence-electron chi connectivity index (χ2n) is 5.30. The van der Waals surface area contributed by atoms with Crippen LogP contribution in [0.2, 0.25) is 0 Å². The Hall–Kier alpha value is -1.59. The zero-order valence-corrected chi connectivity index (χ0v) is 12.9. The van der Waals surface area contributed by atoms with Gasteiger partial charge in [-0.15, -0.1) is 0 Å². The Morgan fingerprint density at radius 1 is 1.24 bits per heavy atom. The van der Waals surface area contributed by atoms with Crippen LogP contribution in [0.5, 0.6) is 5.75 Å². The van der Waals surface area contributed by atoms with Gasteiger partial charge in [0.05, 0.1) is 26.3 Å². The molecule has 0 spiro atoms. The zero-order chi connectivity index (χ0) is 15.2. The molecule has 21 heavy (non-hydrogen) atoms. The van der Waals surface area contributed by atoms with Crippen LogP contribution in [0.25, 0.3) is 0 Å². The minimum absolute atomic E-state index is 0.00691. The lowest BCUT2D eigenvalue weighted by atomic mass is 10.1. The summed E-state index contributed by atoms with van der Waals surface area (Å²) < 4.78 is 16.1. The predicted octanol–water partition coefficient (Wildman–Crippen LogP) is 1.56. The highest BCUT2D eigenvalue weighted by Gasteiger charge is 2.32. The van der Waals surface area contributed by atoms with Crippen LogP contribution < -0.4 is 4.74 Å². The number of ether oxygens (including phenoxy) is 3. The molecule has 1 aliphatic heterocycles. The fourth-order valence-corrected chi connectivity index (χ4v) is 2.26. The summed E-state index contributed by atoms with van der Waals surface area (Å²) in [6.07, 6.45) is 0.0766. The van der Waals surface area contributed by atoms with E-state index in [0.29, 0.717) is 26.3 Å². The third-order valence-corrected chi connectivity index (χ3v) is 3.55. The number of aryl methyl sites for hydroxylation is 2. The van der Waals surface area contributed by atoms with E-state index in [1.165, 1.54) is 0 Å². The van der Waals surface area contributed by atoms with Crippen LogP contribution in [-0.2, 0) is 14.3 Å². The summed E-state index contributed by atoms with van der Waals surface area (Å²) in [6, 6.07) is 6.09. The van der Waals surface area contributed by atoms with Gasteiger partial charge >= 0.3 is 0 Å². The molecule has 1 amide bonds. The number of para-hydroxylation sites is 1. The molecule has 0 atom stereocenters. The molecule has 0 N–H and O–H groups in total. The van der Waals surface area contributed by atoms with Gasteiger partial charge in [-0.25, -0.2) is 0 Å². The first-order chi connectivity index (χ1) is 10.1. The quantitative estimate of drug-likeness (QED) is 0.716. The van der Waals surface area contributed by atoms with Crippen molar-refractivity contribution in [2.45, 2.75) is 20.0 Å². The van der Waals surface area contributed by atoms with E-state index in [2.05, 4.69) is 0 Å². The topological polar surface area (TPSA) is 48.0 Å². The van der Waals surface area contributed by atoms with Crippen molar-refractivity contribution in [1.82, 2.24) is 4.90 Å². The molecular formula is C16H23NO4. The van der Waals surface area contributed by atoms with Gasteiger partial charge in [0.25, 0.3) is 0 Å². The summed E-state index contributed by atoms with van der Waals surface area (Å²) in [6.45, 7) is 6.38. The van der Waals surface area contributed by atoms with Crippen molar-refractivity contribution in [2.75, 3.05) is 40.0 Å². The number of benzene rings is 1. The van der Waals surface area contributed by atoms with E-state index in [-0.39, 0.29) is 18.6 Å². The van der Waals surface area contributed by atoms with E-state index in [1.54, 1.807) is 12.0 Å². The lowest BCUT2D eigenvalue weighted by molar-refractivity contribution is -0.145. The average molecular weight is 293 g/mol. The number of likely N-dealkylation sites (tertiary alicyclic amines) is 1. The second kappa shape index (κ2) is 7.43. The molecule has 0 saturated carbocycles. The molecule has 116 valence electrons. The van der Waals surface area contributed by atoms with E-state index in [1.807, 2.05) is 32.0 Å². The van der Waals surface area contributed by atoms with Crippen molar-refractivity contribution >= 4 is 5.91 Å². The molecule has 0 aliphatic carbocycles. The first kappa shape index (κ1) is 15.8. The first-order valence-electron chi connectivity index (χ1n) is 7.19. The van der Waals surface area contributed by atoms with Crippen LogP contribution >= 0.6 is 0 Å². The van der Waals surface area contributed by atoms with Gasteiger partial charge in [-0.2, -0.15) is 0 Å². The summed E-state index contributed by atoms with van der Waals surface area (Å²) in [5.41, 5.74) is 2.25. The lowest BCUT2D eigenvalue weighted by Crippen LogP contribution is -2.57. The molecule has 1 aromatic rings. The van der Waals surface area contributed by atoms with Gasteiger partial charge in [0.2, 0.25) is 5.91 Å². The van der Waals surface area contributed by atoms with Gasteiger partial charge in [0.1, 0.15) is 18.5 Å². The van der Waals surface area contributed by atoms with Crippen molar-refractivity contribution in [3.05, 3.63) is 29.3 Å². The van der Waals surface area contributed by atoms with Gasteiger partial charge in [0, 0.05) is 7.11 Å². The van der Waals surface area contributed by atoms with E-state index in [0.717, 1.165) is 16.9 Å². The Labute approximate surface area is 125 Å². The highest BCUT2D eigenvalue weighted by atomic mass is 16.5. The Kier molecular flexibility index (Phi) is 5.59. The number of methoxy groups -OCH3 is 1. The van der Waals surface area contributed by atoms with Gasteiger partial charge in [-0.05, 0) is 25.0 Å². The molecule has 1 heterocycles. The largest absolute Gasteiger partial charge is 0.486 e. The van der Waals surface area contributed by atoms with Gasteiger partial charge in [-0.3, -0.25) is 4.79 Å². The third kappa shape index (κ3) is 4.19. The normalized spacial score (nSPS) is 14.9. The summed E-state index contributed by atoms with van der Waals surface area (Å²) in [5.74, 6) is 0.943. The van der Waals surface area contributed by atoms with Gasteiger partial charge < -0.3 is 19.1 Å². The molecule has 1 fully saturated rings. The third-order valence-electron chi connectivity index (χ3n) is 3.55. The van der Waals surface area contributed by atoms with E-state index in [9.17, 15) is 4.79 Å². The maximum absolute atomic E-state index is 11.8. The molecular weight excluding hydrogens is 270 g/mol. The van der Waals surface area contributed by atoms with Crippen LogP contribution in [0.3, 0.4) is 0 Å². The van der Waals surface area contributed by atoms with Crippen LogP contribution in [0, 0.1) is 13.8 Å². The van der Waals surface area contributed by atoms with E-state index >= 15 is 0 Å². The second-order valence-corrected chi connectivity index (χ2v) is 5.30. The molecule has 2 rings (SSSR count). The molecule has 1 aliphatic rings. The molecule has 0 aromatic heterocycles. The molecule has 1 aromatic carbocycles. The van der Waals surface area contributed by atoms with Crippen molar-refractivity contribution in [3.8, 4) is 5.75 Å². The number of carbonyl (C=O) groups excluding carboxylic acids is 1. The monoisotopic (exact) mass is 293 g/mol. The molecule has 0 bridgehead atoms. The molecule has 1 saturated heterocycles. The maximum atomic E-state index is 11.8. The van der Waals surface area contributed by atoms with Crippen LogP contribution in [0.4, 0.5) is 0 Å². The number of rotatable bonds is 7. The van der Waals surface area contributed by atoms with Gasteiger partial charge in [0.15, 0.2) is 0 Å². The first-order valence-corrected chi connectivity index (χ1v) is 7.19. The van der Waals surface area contributed by atoms with E-state index < -0.39 is 0 Å². The zero-order valence-electron chi connectivity index (χ0n) is 12.9. The Bertz CT molecular complexity index is 463. The Morgan fingerprint density at radius 2 is 1.90 bits per heavy atom. The fourth-order valence-electron chi connectivity index (χ4n) is 2.26. The smallest absolute Gasteiger partial charge is 0.248 e. The summed E-state index contributed by atoms with van der Waals surface area (Å²) in [5, 5.41) is 0. The molecule has 0 unspecified atom stereocenters. The molecule has 5 heteroatoms. The van der Waals surface area contributed by atoms with Crippen molar-refractivity contribution < 1.29 is 19.0 Å². The summed E-state index contributed by atoms with van der Waals surface area (Å²) >= 11 is 0. The molecule has 5 nitrogen and oxygen atoms in total. The van der Waals surface area contributed by atoms with Crippen LogP contribution in [0.1, 0.15) is 11.1 Å². The van der Waals surface area contributed by atoms with Crippen molar-refractivity contribution in [3.63, 3.8) is 0 Å². The Balaban J connectivity index is 1.73.